The standard InChI is InChI=1S/C51H30F51O3P/c52-28(53,31(58,59)34(64,65)37(70,71)40(76,77)43(82,83)46(88,89)49(94,95)96)16-1-19-103-22-4-10-25(11-5-22)106(26-12-6-23(7-13-26)104-20-2-17-29(54,55)32(60,61)35(66,67)38(72,73)41(78,79)44(84,85)47(90,91)50(97,98)99)27-14-8-24(9-15-27)105-21-3-18-30(56,57)33(62,63)36(68,69)39(74,75)42(80,81)45(86,87)48(92,93)51(100,101)102/h4-15H,1-3,16-21H2. The van der Waals surface area contributed by atoms with E-state index in [2.05, 4.69) is 0 Å². The van der Waals surface area contributed by atoms with Gasteiger partial charge in [0.1, 0.15) is 17.2 Å². The summed E-state index contributed by atoms with van der Waals surface area (Å²) in [5.41, 5.74) is 0. The predicted molar refractivity (Wildman–Crippen MR) is 251 cm³/mol. The number of hydrogen-bond acceptors (Lipinski definition) is 3. The van der Waals surface area contributed by atoms with E-state index in [9.17, 15) is 224 Å². The van der Waals surface area contributed by atoms with E-state index in [0.29, 0.717) is 36.4 Å². The fourth-order valence-electron chi connectivity index (χ4n) is 8.03. The molecule has 614 valence electrons. The van der Waals surface area contributed by atoms with E-state index in [1.165, 1.54) is 0 Å². The summed E-state index contributed by atoms with van der Waals surface area (Å²) in [7, 11) is -2.47. The maximum absolute atomic E-state index is 14.5. The van der Waals surface area contributed by atoms with Crippen LogP contribution in [-0.4, -0.2) is 163 Å². The second-order valence-corrected chi connectivity index (χ2v) is 23.8. The molecule has 0 aliphatic rings. The van der Waals surface area contributed by atoms with Crippen LogP contribution in [0.2, 0.25) is 0 Å². The van der Waals surface area contributed by atoms with Gasteiger partial charge in [-0.25, -0.2) is 0 Å². The Bertz CT molecular complexity index is 3060. The molecule has 3 aromatic carbocycles. The van der Waals surface area contributed by atoms with Gasteiger partial charge in [-0.1, -0.05) is 36.4 Å². The molecule has 0 unspecified atom stereocenters. The Kier molecular flexibility index (Phi) is 25.2. The Labute approximate surface area is 553 Å². The molecule has 0 aromatic heterocycles. The van der Waals surface area contributed by atoms with Crippen molar-refractivity contribution >= 4 is 23.8 Å². The number of halogens is 51. The Hall–Kier alpha value is -6.08. The molecule has 3 rings (SSSR count). The SMILES string of the molecule is FC(F)(F)C(F)(F)C(F)(F)C(F)(F)C(F)(F)C(F)(F)C(F)(F)C(F)(F)CCCOc1ccc(P(c2ccc(OCCCC(F)(F)C(F)(F)C(F)(F)C(F)(F)C(F)(F)C(F)(F)C(F)(F)C(F)(F)F)cc2)c2ccc(OCCCC(F)(F)C(F)(F)C(F)(F)C(F)(F)C(F)(F)C(F)(F)C(F)(F)C(F)(F)F)cc2)cc1. The predicted octanol–water partition coefficient (Wildman–Crippen LogP) is 22.0. The minimum atomic E-state index is -8.96. The number of alkyl halides is 51. The molecule has 55 heteroatoms. The first-order chi connectivity index (χ1) is 46.4. The number of benzene rings is 3. The van der Waals surface area contributed by atoms with Crippen molar-refractivity contribution in [2.24, 2.45) is 0 Å². The fourth-order valence-corrected chi connectivity index (χ4v) is 10.3. The van der Waals surface area contributed by atoms with E-state index < -0.39 is 226 Å². The third-order valence-corrected chi connectivity index (χ3v) is 16.8. The Morgan fingerprint density at radius 3 is 0.453 bits per heavy atom. The van der Waals surface area contributed by atoms with Crippen LogP contribution in [0, 0.1) is 0 Å². The van der Waals surface area contributed by atoms with Gasteiger partial charge in [-0.3, -0.25) is 0 Å². The molecule has 0 N–H and O–H groups in total. The molecule has 0 spiro atoms. The largest absolute Gasteiger partial charge is 0.494 e. The Morgan fingerprint density at radius 2 is 0.311 bits per heavy atom. The molecule has 0 saturated carbocycles. The molecule has 0 radical (unpaired) electrons. The van der Waals surface area contributed by atoms with Gasteiger partial charge in [0.25, 0.3) is 0 Å². The van der Waals surface area contributed by atoms with Gasteiger partial charge in [-0.15, -0.1) is 0 Å². The molecular formula is C51H30F51O3P. The first-order valence-electron chi connectivity index (χ1n) is 26.6. The van der Waals surface area contributed by atoms with Crippen molar-refractivity contribution in [3.05, 3.63) is 72.8 Å². The molecule has 0 saturated heterocycles. The molecule has 0 atom stereocenters. The quantitative estimate of drug-likeness (QED) is 0.0330. The lowest BCUT2D eigenvalue weighted by Gasteiger charge is -2.42. The van der Waals surface area contributed by atoms with Crippen molar-refractivity contribution in [2.45, 2.75) is 181 Å². The van der Waals surface area contributed by atoms with Gasteiger partial charge in [-0.05, 0) is 79.5 Å². The number of hydrogen-bond donors (Lipinski definition) is 0. The van der Waals surface area contributed by atoms with Crippen LogP contribution in [0.15, 0.2) is 72.8 Å². The second-order valence-electron chi connectivity index (χ2n) is 21.6. The summed E-state index contributed by atoms with van der Waals surface area (Å²) in [6.07, 6.45) is -38.8. The van der Waals surface area contributed by atoms with Crippen molar-refractivity contribution < 1.29 is 238 Å². The minimum absolute atomic E-state index is 0.198. The van der Waals surface area contributed by atoms with E-state index in [1.54, 1.807) is 0 Å². The number of ether oxygens (including phenoxy) is 3. The van der Waals surface area contributed by atoms with Gasteiger partial charge in [0.2, 0.25) is 0 Å². The smallest absolute Gasteiger partial charge is 0.460 e. The monoisotopic (exact) mass is 1690 g/mol. The van der Waals surface area contributed by atoms with Gasteiger partial charge < -0.3 is 14.2 Å². The molecule has 0 amide bonds. The lowest BCUT2D eigenvalue weighted by Crippen LogP contribution is -2.74. The molecule has 0 aliphatic heterocycles. The minimum Gasteiger partial charge on any atom is -0.494 e. The summed E-state index contributed by atoms with van der Waals surface area (Å²) in [6.45, 7) is -4.67. The van der Waals surface area contributed by atoms with Crippen LogP contribution in [0.25, 0.3) is 0 Å². The first-order valence-corrected chi connectivity index (χ1v) is 27.9. The molecule has 0 heterocycles. The van der Waals surface area contributed by atoms with E-state index in [4.69, 9.17) is 14.2 Å². The van der Waals surface area contributed by atoms with Crippen molar-refractivity contribution in [3.8, 4) is 17.2 Å². The fraction of sp³-hybridized carbons (Fsp3) is 0.647. The van der Waals surface area contributed by atoms with Crippen LogP contribution in [0.5, 0.6) is 17.2 Å². The highest BCUT2D eigenvalue weighted by atomic mass is 31.1. The summed E-state index contributed by atoms with van der Waals surface area (Å²) >= 11 is 0. The van der Waals surface area contributed by atoms with Crippen molar-refractivity contribution in [3.63, 3.8) is 0 Å². The summed E-state index contributed by atoms with van der Waals surface area (Å²) in [6, 6.07) is 9.04. The lowest BCUT2D eigenvalue weighted by atomic mass is 9.88. The number of rotatable bonds is 36. The molecular weight excluding hydrogens is 1660 g/mol. The van der Waals surface area contributed by atoms with Crippen LogP contribution in [0.3, 0.4) is 0 Å². The maximum Gasteiger partial charge on any atom is 0.460 e. The third-order valence-electron chi connectivity index (χ3n) is 14.4. The lowest BCUT2D eigenvalue weighted by molar-refractivity contribution is -0.461. The van der Waals surface area contributed by atoms with Crippen LogP contribution in [-0.2, 0) is 0 Å². The summed E-state index contributed by atoms with van der Waals surface area (Å²) < 4.78 is 713. The molecule has 3 nitrogen and oxygen atoms in total. The van der Waals surface area contributed by atoms with Crippen molar-refractivity contribution in [1.29, 1.82) is 0 Å². The van der Waals surface area contributed by atoms with Crippen LogP contribution in [0.1, 0.15) is 38.5 Å². The van der Waals surface area contributed by atoms with Crippen LogP contribution in [0.4, 0.5) is 224 Å². The molecule has 3 aromatic rings. The van der Waals surface area contributed by atoms with E-state index in [1.807, 2.05) is 0 Å². The topological polar surface area (TPSA) is 27.7 Å². The van der Waals surface area contributed by atoms with Crippen molar-refractivity contribution in [1.82, 2.24) is 0 Å². The van der Waals surface area contributed by atoms with Crippen molar-refractivity contribution in [2.75, 3.05) is 19.8 Å². The zero-order valence-corrected chi connectivity index (χ0v) is 50.1. The highest BCUT2D eigenvalue weighted by Gasteiger charge is 2.98. The Balaban J connectivity index is 1.99. The summed E-state index contributed by atoms with van der Waals surface area (Å²) in [5, 5.41) is -0.593. The molecule has 0 bridgehead atoms. The van der Waals surface area contributed by atoms with Gasteiger partial charge in [-0.2, -0.15) is 224 Å². The zero-order valence-electron chi connectivity index (χ0n) is 49.2. The van der Waals surface area contributed by atoms with E-state index in [-0.39, 0.29) is 15.9 Å². The van der Waals surface area contributed by atoms with Crippen LogP contribution < -0.4 is 30.1 Å². The van der Waals surface area contributed by atoms with Gasteiger partial charge in [0.05, 0.1) is 19.8 Å². The summed E-state index contributed by atoms with van der Waals surface area (Å²) in [5.74, 6) is -179. The van der Waals surface area contributed by atoms with Gasteiger partial charge >= 0.3 is 143 Å². The highest BCUT2D eigenvalue weighted by Crippen LogP contribution is 2.69. The average Bonchev–Trinajstić information content (AvgIpc) is 0.706. The molecule has 0 aliphatic carbocycles. The maximum atomic E-state index is 14.5. The Morgan fingerprint density at radius 1 is 0.179 bits per heavy atom. The van der Waals surface area contributed by atoms with E-state index >= 15 is 0 Å². The third kappa shape index (κ3) is 14.8. The molecule has 0 fully saturated rings. The van der Waals surface area contributed by atoms with E-state index in [0.717, 1.165) is 36.4 Å². The second kappa shape index (κ2) is 28.3. The highest BCUT2D eigenvalue weighted by molar-refractivity contribution is 7.79. The summed E-state index contributed by atoms with van der Waals surface area (Å²) in [4.78, 5) is 0. The first kappa shape index (κ1) is 94.1. The van der Waals surface area contributed by atoms with Gasteiger partial charge in [0.15, 0.2) is 0 Å². The van der Waals surface area contributed by atoms with Gasteiger partial charge in [0, 0.05) is 19.3 Å². The molecule has 106 heavy (non-hydrogen) atoms. The van der Waals surface area contributed by atoms with Crippen LogP contribution >= 0.6 is 7.92 Å². The zero-order chi connectivity index (χ0) is 84.0. The normalized spacial score (nSPS) is 15.7. The average molecular weight is 1690 g/mol.